The van der Waals surface area contributed by atoms with Crippen molar-refractivity contribution in [1.82, 2.24) is 4.98 Å². The summed E-state index contributed by atoms with van der Waals surface area (Å²) in [6.45, 7) is 3.79. The van der Waals surface area contributed by atoms with Gasteiger partial charge in [-0.15, -0.1) is 11.3 Å². The zero-order valence-electron chi connectivity index (χ0n) is 17.2. The van der Waals surface area contributed by atoms with E-state index < -0.39 is 11.8 Å². The largest absolute Gasteiger partial charge is 0.350 e. The van der Waals surface area contributed by atoms with Crippen LogP contribution in [0.15, 0.2) is 53.2 Å². The molecule has 4 rings (SSSR count). The SMILES string of the molecule is Cc1nc(NC(=O)c2cccc(NC3=C(Cl)C(=O)N(c4ccc(Cl)cc4Cl)C3=O)c2)sc1C. The molecule has 0 aliphatic carbocycles. The maximum Gasteiger partial charge on any atom is 0.283 e. The van der Waals surface area contributed by atoms with E-state index in [2.05, 4.69) is 15.6 Å². The molecule has 168 valence electrons. The van der Waals surface area contributed by atoms with Crippen molar-refractivity contribution in [2.45, 2.75) is 13.8 Å². The van der Waals surface area contributed by atoms with Crippen molar-refractivity contribution in [2.75, 3.05) is 15.5 Å². The fraction of sp³-hybridized carbons (Fsp3) is 0.0909. The minimum absolute atomic E-state index is 0.126. The summed E-state index contributed by atoms with van der Waals surface area (Å²) >= 11 is 19.6. The van der Waals surface area contributed by atoms with Crippen LogP contribution in [0, 0.1) is 13.8 Å². The Kier molecular flexibility index (Phi) is 6.45. The first kappa shape index (κ1) is 23.3. The van der Waals surface area contributed by atoms with Crippen molar-refractivity contribution in [2.24, 2.45) is 0 Å². The Hall–Kier alpha value is -2.91. The molecule has 0 atom stereocenters. The van der Waals surface area contributed by atoms with Crippen LogP contribution < -0.4 is 15.5 Å². The number of thiazole rings is 1. The van der Waals surface area contributed by atoms with E-state index in [1.54, 1.807) is 18.2 Å². The minimum atomic E-state index is -0.725. The van der Waals surface area contributed by atoms with Crippen LogP contribution in [0.2, 0.25) is 10.0 Å². The summed E-state index contributed by atoms with van der Waals surface area (Å²) in [5.41, 5.74) is 1.61. The lowest BCUT2D eigenvalue weighted by molar-refractivity contribution is -0.120. The van der Waals surface area contributed by atoms with E-state index >= 15 is 0 Å². The van der Waals surface area contributed by atoms with Crippen LogP contribution in [0.5, 0.6) is 0 Å². The molecule has 2 heterocycles. The molecule has 11 heteroatoms. The zero-order valence-corrected chi connectivity index (χ0v) is 20.3. The van der Waals surface area contributed by atoms with Crippen molar-refractivity contribution in [1.29, 1.82) is 0 Å². The standard InChI is InChI=1S/C22H15Cl3N4O3S/c1-10-11(2)33-22(26-10)28-19(30)12-4-3-5-14(8-12)27-18-17(25)20(31)29(21(18)32)16-7-6-13(23)9-15(16)24/h3-9,27H,1-2H3,(H,26,28,30). The lowest BCUT2D eigenvalue weighted by Crippen LogP contribution is -2.32. The second-order valence-corrected chi connectivity index (χ2v) is 9.48. The summed E-state index contributed by atoms with van der Waals surface area (Å²) in [6, 6.07) is 10.8. The molecule has 0 unspecified atom stereocenters. The van der Waals surface area contributed by atoms with Gasteiger partial charge in [0.2, 0.25) is 0 Å². The molecule has 33 heavy (non-hydrogen) atoms. The first-order valence-electron chi connectivity index (χ1n) is 9.52. The molecule has 1 aliphatic heterocycles. The normalized spacial score (nSPS) is 13.7. The number of halogens is 3. The summed E-state index contributed by atoms with van der Waals surface area (Å²) in [7, 11) is 0. The van der Waals surface area contributed by atoms with E-state index in [1.807, 2.05) is 13.8 Å². The molecular formula is C22H15Cl3N4O3S. The molecule has 1 aliphatic rings. The van der Waals surface area contributed by atoms with Gasteiger partial charge in [-0.05, 0) is 50.2 Å². The molecule has 1 aromatic heterocycles. The summed E-state index contributed by atoms with van der Waals surface area (Å²) in [5, 5.41) is 6.28. The van der Waals surface area contributed by atoms with Gasteiger partial charge in [0.1, 0.15) is 10.7 Å². The smallest absolute Gasteiger partial charge is 0.283 e. The number of rotatable bonds is 5. The third kappa shape index (κ3) is 4.60. The number of hydrogen-bond acceptors (Lipinski definition) is 6. The molecular weight excluding hydrogens is 507 g/mol. The Morgan fingerprint density at radius 1 is 1.03 bits per heavy atom. The number of amides is 3. The Morgan fingerprint density at radius 2 is 1.79 bits per heavy atom. The van der Waals surface area contributed by atoms with Gasteiger partial charge >= 0.3 is 0 Å². The maximum atomic E-state index is 13.0. The maximum absolute atomic E-state index is 13.0. The number of nitrogens with zero attached hydrogens (tertiary/aromatic N) is 2. The van der Waals surface area contributed by atoms with Gasteiger partial charge in [0, 0.05) is 21.2 Å². The Bertz CT molecular complexity index is 1330. The first-order valence-corrected chi connectivity index (χ1v) is 11.5. The van der Waals surface area contributed by atoms with Gasteiger partial charge in [-0.3, -0.25) is 19.7 Å². The number of imide groups is 1. The van der Waals surface area contributed by atoms with E-state index in [0.29, 0.717) is 21.4 Å². The number of hydrogen-bond donors (Lipinski definition) is 2. The van der Waals surface area contributed by atoms with Crippen LogP contribution >= 0.6 is 46.1 Å². The van der Waals surface area contributed by atoms with E-state index in [-0.39, 0.29) is 27.3 Å². The van der Waals surface area contributed by atoms with Crippen LogP contribution in [0.4, 0.5) is 16.5 Å². The Morgan fingerprint density at radius 3 is 2.45 bits per heavy atom. The lowest BCUT2D eigenvalue weighted by atomic mass is 10.2. The second kappa shape index (κ2) is 9.15. The van der Waals surface area contributed by atoms with Crippen molar-refractivity contribution in [3.63, 3.8) is 0 Å². The van der Waals surface area contributed by atoms with Crippen molar-refractivity contribution >= 4 is 80.4 Å². The van der Waals surface area contributed by atoms with E-state index in [1.165, 1.54) is 35.6 Å². The number of anilines is 3. The average molecular weight is 522 g/mol. The van der Waals surface area contributed by atoms with Gasteiger partial charge in [-0.25, -0.2) is 9.88 Å². The summed E-state index contributed by atoms with van der Waals surface area (Å²) in [4.78, 5) is 44.5. The molecule has 0 saturated carbocycles. The van der Waals surface area contributed by atoms with Crippen LogP contribution in [-0.4, -0.2) is 22.7 Å². The molecule has 0 bridgehead atoms. The van der Waals surface area contributed by atoms with Gasteiger partial charge < -0.3 is 5.32 Å². The second-order valence-electron chi connectivity index (χ2n) is 7.05. The highest BCUT2D eigenvalue weighted by atomic mass is 35.5. The highest BCUT2D eigenvalue weighted by Crippen LogP contribution is 2.35. The number of aromatic nitrogens is 1. The van der Waals surface area contributed by atoms with Gasteiger partial charge in [0.05, 0.1) is 16.4 Å². The molecule has 3 aromatic rings. The highest BCUT2D eigenvalue weighted by molar-refractivity contribution is 7.15. The predicted molar refractivity (Wildman–Crippen MR) is 131 cm³/mol. The molecule has 3 amide bonds. The van der Waals surface area contributed by atoms with E-state index in [0.717, 1.165) is 15.5 Å². The molecule has 7 nitrogen and oxygen atoms in total. The average Bonchev–Trinajstić information content (AvgIpc) is 3.19. The molecule has 0 radical (unpaired) electrons. The molecule has 0 spiro atoms. The van der Waals surface area contributed by atoms with E-state index in [4.69, 9.17) is 34.8 Å². The third-order valence-electron chi connectivity index (χ3n) is 4.82. The lowest BCUT2D eigenvalue weighted by Gasteiger charge is -2.16. The van der Waals surface area contributed by atoms with Crippen LogP contribution in [0.1, 0.15) is 20.9 Å². The molecule has 0 saturated heterocycles. The van der Waals surface area contributed by atoms with Crippen LogP contribution in [0.25, 0.3) is 0 Å². The Balaban J connectivity index is 1.55. The number of nitrogens with one attached hydrogen (secondary N) is 2. The van der Waals surface area contributed by atoms with Gasteiger partial charge in [-0.1, -0.05) is 40.9 Å². The molecule has 0 fully saturated rings. The van der Waals surface area contributed by atoms with Crippen molar-refractivity contribution in [3.8, 4) is 0 Å². The fourth-order valence-corrected chi connectivity index (χ4v) is 4.59. The third-order valence-corrected chi connectivity index (χ3v) is 6.70. The van der Waals surface area contributed by atoms with Gasteiger partial charge in [0.15, 0.2) is 5.13 Å². The van der Waals surface area contributed by atoms with E-state index in [9.17, 15) is 14.4 Å². The zero-order chi connectivity index (χ0) is 23.9. The van der Waals surface area contributed by atoms with Crippen LogP contribution in [0.3, 0.4) is 0 Å². The highest BCUT2D eigenvalue weighted by Gasteiger charge is 2.39. The quantitative estimate of drug-likeness (QED) is 0.417. The number of carbonyl (C=O) groups excluding carboxylic acids is 3. The predicted octanol–water partition coefficient (Wildman–Crippen LogP) is 5.75. The summed E-state index contributed by atoms with van der Waals surface area (Å²) < 4.78 is 0. The van der Waals surface area contributed by atoms with Crippen molar-refractivity contribution < 1.29 is 14.4 Å². The topological polar surface area (TPSA) is 91.4 Å². The number of carbonyl (C=O) groups is 3. The molecule has 2 N–H and O–H groups in total. The monoisotopic (exact) mass is 520 g/mol. The summed E-state index contributed by atoms with van der Waals surface area (Å²) in [5.74, 6) is -1.77. The Labute approximate surface area is 208 Å². The summed E-state index contributed by atoms with van der Waals surface area (Å²) in [6.07, 6.45) is 0. The number of aryl methyl sites for hydroxylation is 2. The van der Waals surface area contributed by atoms with Gasteiger partial charge in [0.25, 0.3) is 17.7 Å². The molecule has 2 aromatic carbocycles. The fourth-order valence-electron chi connectivity index (χ4n) is 3.07. The van der Waals surface area contributed by atoms with Gasteiger partial charge in [-0.2, -0.15) is 0 Å². The van der Waals surface area contributed by atoms with Crippen molar-refractivity contribution in [3.05, 3.63) is 79.4 Å². The number of benzene rings is 2. The minimum Gasteiger partial charge on any atom is -0.350 e. The first-order chi connectivity index (χ1) is 15.7. The van der Waals surface area contributed by atoms with Crippen LogP contribution in [-0.2, 0) is 9.59 Å².